The summed E-state index contributed by atoms with van der Waals surface area (Å²) in [5, 5.41) is 4.00. The number of hydrogen-bond donors (Lipinski definition) is 1. The molecule has 0 aliphatic heterocycles. The Hall–Kier alpha value is -3.85. The molecule has 1 unspecified atom stereocenters. The molecule has 0 bridgehead atoms. The van der Waals surface area contributed by atoms with Gasteiger partial charge in [-0.25, -0.2) is 8.42 Å². The van der Waals surface area contributed by atoms with Gasteiger partial charge in [-0.2, -0.15) is 0 Å². The summed E-state index contributed by atoms with van der Waals surface area (Å²) in [5.41, 5.74) is 3.64. The second-order valence-corrected chi connectivity index (χ2v) is 15.2. The molecule has 252 valence electrons. The van der Waals surface area contributed by atoms with Gasteiger partial charge in [-0.15, -0.1) is 0 Å². The van der Waals surface area contributed by atoms with Crippen molar-refractivity contribution < 1.29 is 18.0 Å². The number of carbonyl (C=O) groups excluding carboxylic acids is 2. The van der Waals surface area contributed by atoms with Crippen LogP contribution in [0.1, 0.15) is 54.4 Å². The summed E-state index contributed by atoms with van der Waals surface area (Å²) >= 11 is 12.8. The first-order chi connectivity index (χ1) is 23.0. The van der Waals surface area contributed by atoms with Crippen LogP contribution in [0.25, 0.3) is 0 Å². The largest absolute Gasteiger partial charge is 0.352 e. The first-order valence-electron chi connectivity index (χ1n) is 16.2. The van der Waals surface area contributed by atoms with E-state index in [2.05, 4.69) is 5.32 Å². The third-order valence-corrected chi connectivity index (χ3v) is 11.2. The maximum absolute atomic E-state index is 14.7. The Balaban J connectivity index is 1.57. The number of anilines is 1. The number of amides is 2. The highest BCUT2D eigenvalue weighted by molar-refractivity contribution is 7.92. The maximum Gasteiger partial charge on any atom is 0.264 e. The van der Waals surface area contributed by atoms with Crippen molar-refractivity contribution >= 4 is 50.7 Å². The monoisotopic (exact) mass is 705 g/mol. The van der Waals surface area contributed by atoms with Gasteiger partial charge in [0.1, 0.15) is 12.6 Å². The van der Waals surface area contributed by atoms with Gasteiger partial charge in [0.05, 0.1) is 10.6 Å². The quantitative estimate of drug-likeness (QED) is 0.162. The normalized spacial score (nSPS) is 14.2. The van der Waals surface area contributed by atoms with Crippen molar-refractivity contribution in [2.24, 2.45) is 0 Å². The zero-order chi connectivity index (χ0) is 34.3. The number of hydrogen-bond acceptors (Lipinski definition) is 4. The lowest BCUT2D eigenvalue weighted by atomic mass is 9.94. The van der Waals surface area contributed by atoms with Gasteiger partial charge in [0, 0.05) is 29.1 Å². The Kier molecular flexibility index (Phi) is 11.8. The number of rotatable bonds is 12. The predicted octanol–water partition coefficient (Wildman–Crippen LogP) is 7.89. The molecule has 7 nitrogen and oxygen atoms in total. The molecule has 10 heteroatoms. The molecule has 48 heavy (non-hydrogen) atoms. The molecule has 0 saturated heterocycles. The Morgan fingerprint density at radius 2 is 1.46 bits per heavy atom. The molecule has 0 aromatic heterocycles. The molecule has 1 fully saturated rings. The average molecular weight is 707 g/mol. The zero-order valence-corrected chi connectivity index (χ0v) is 29.6. The minimum atomic E-state index is -4.18. The van der Waals surface area contributed by atoms with Gasteiger partial charge >= 0.3 is 0 Å². The van der Waals surface area contributed by atoms with Crippen molar-refractivity contribution in [2.45, 2.75) is 75.9 Å². The Labute approximate surface area is 293 Å². The van der Waals surface area contributed by atoms with Crippen LogP contribution >= 0.6 is 23.2 Å². The number of nitrogens with one attached hydrogen (secondary N) is 1. The Morgan fingerprint density at radius 3 is 2.08 bits per heavy atom. The Morgan fingerprint density at radius 1 is 0.833 bits per heavy atom. The molecular formula is C38H41Cl2N3O4S. The van der Waals surface area contributed by atoms with E-state index in [1.165, 1.54) is 17.0 Å². The fraction of sp³-hybridized carbons (Fsp3) is 0.316. The third-order valence-electron chi connectivity index (χ3n) is 8.79. The van der Waals surface area contributed by atoms with Gasteiger partial charge in [0.25, 0.3) is 10.0 Å². The van der Waals surface area contributed by atoms with E-state index in [1.54, 1.807) is 54.6 Å². The van der Waals surface area contributed by atoms with Gasteiger partial charge in [-0.3, -0.25) is 13.9 Å². The lowest BCUT2D eigenvalue weighted by Gasteiger charge is -2.35. The Bertz CT molecular complexity index is 1810. The number of nitrogens with zero attached hydrogens (tertiary/aromatic N) is 2. The number of benzene rings is 4. The molecule has 4 aromatic carbocycles. The maximum atomic E-state index is 14.7. The van der Waals surface area contributed by atoms with Crippen LogP contribution in [-0.2, 0) is 32.6 Å². The van der Waals surface area contributed by atoms with Gasteiger partial charge in [-0.1, -0.05) is 114 Å². The van der Waals surface area contributed by atoms with E-state index in [0.717, 1.165) is 53.1 Å². The summed E-state index contributed by atoms with van der Waals surface area (Å²) in [6, 6.07) is 27.1. The van der Waals surface area contributed by atoms with Gasteiger partial charge in [-0.05, 0) is 74.2 Å². The molecule has 1 aliphatic rings. The van der Waals surface area contributed by atoms with Crippen LogP contribution < -0.4 is 9.62 Å². The van der Waals surface area contributed by atoms with Crippen LogP contribution in [0.4, 0.5) is 5.69 Å². The van der Waals surface area contributed by atoms with Crippen LogP contribution in [0.3, 0.4) is 0 Å². The van der Waals surface area contributed by atoms with E-state index >= 15 is 0 Å². The standard InChI is InChI=1S/C38H41Cl2N3O4S/c1-27-13-19-33(20-14-27)43(48(46,47)34-21-15-28(2)16-22-34)26-37(44)42(25-30-17-18-31(39)24-35(30)40)36(23-29-9-5-3-6-10-29)38(45)41-32-11-7-4-8-12-32/h3,5-6,9-10,13-22,24,32,36H,4,7-8,11-12,23,25-26H2,1-2H3,(H,41,45). The second-order valence-electron chi connectivity index (χ2n) is 12.5. The van der Waals surface area contributed by atoms with Crippen LogP contribution in [0.15, 0.2) is 102 Å². The van der Waals surface area contributed by atoms with Gasteiger partial charge in [0.15, 0.2) is 0 Å². The fourth-order valence-electron chi connectivity index (χ4n) is 6.01. The molecular weight excluding hydrogens is 665 g/mol. The van der Waals surface area contributed by atoms with Crippen LogP contribution in [0.2, 0.25) is 10.0 Å². The van der Waals surface area contributed by atoms with E-state index in [9.17, 15) is 18.0 Å². The van der Waals surface area contributed by atoms with Crippen molar-refractivity contribution in [2.75, 3.05) is 10.8 Å². The van der Waals surface area contributed by atoms with E-state index in [1.807, 2.05) is 44.2 Å². The molecule has 0 heterocycles. The smallest absolute Gasteiger partial charge is 0.264 e. The number of sulfonamides is 1. The fourth-order valence-corrected chi connectivity index (χ4v) is 7.89. The van der Waals surface area contributed by atoms with Crippen molar-refractivity contribution in [3.8, 4) is 0 Å². The first-order valence-corrected chi connectivity index (χ1v) is 18.4. The third kappa shape index (κ3) is 8.98. The lowest BCUT2D eigenvalue weighted by molar-refractivity contribution is -0.140. The zero-order valence-electron chi connectivity index (χ0n) is 27.2. The van der Waals surface area contributed by atoms with E-state index in [-0.39, 0.29) is 29.8 Å². The lowest BCUT2D eigenvalue weighted by Crippen LogP contribution is -2.55. The van der Waals surface area contributed by atoms with Gasteiger partial charge < -0.3 is 10.2 Å². The molecule has 1 aliphatic carbocycles. The summed E-state index contributed by atoms with van der Waals surface area (Å²) < 4.78 is 29.6. The highest BCUT2D eigenvalue weighted by Gasteiger charge is 2.35. The van der Waals surface area contributed by atoms with Crippen molar-refractivity contribution in [1.82, 2.24) is 10.2 Å². The van der Waals surface area contributed by atoms with Crippen LogP contribution in [0.5, 0.6) is 0 Å². The molecule has 1 saturated carbocycles. The van der Waals surface area contributed by atoms with Crippen molar-refractivity contribution in [1.29, 1.82) is 0 Å². The molecule has 2 amide bonds. The van der Waals surface area contributed by atoms with Crippen LogP contribution in [-0.4, -0.2) is 43.8 Å². The summed E-state index contributed by atoms with van der Waals surface area (Å²) in [7, 11) is -4.18. The highest BCUT2D eigenvalue weighted by Crippen LogP contribution is 2.28. The molecule has 1 atom stereocenters. The molecule has 1 N–H and O–H groups in total. The number of halogens is 2. The SMILES string of the molecule is Cc1ccc(N(CC(=O)N(Cc2ccc(Cl)cc2Cl)C(Cc2ccccc2)C(=O)NC2CCCCC2)S(=O)(=O)c2ccc(C)cc2)cc1. The van der Waals surface area contributed by atoms with Crippen molar-refractivity contribution in [3.63, 3.8) is 0 Å². The number of carbonyl (C=O) groups is 2. The molecule has 5 rings (SSSR count). The summed E-state index contributed by atoms with van der Waals surface area (Å²) in [4.78, 5) is 30.5. The summed E-state index contributed by atoms with van der Waals surface area (Å²) in [6.07, 6.45) is 5.16. The molecule has 0 spiro atoms. The van der Waals surface area contributed by atoms with Crippen molar-refractivity contribution in [3.05, 3.63) is 129 Å². The summed E-state index contributed by atoms with van der Waals surface area (Å²) in [5.74, 6) is -0.829. The number of aryl methyl sites for hydroxylation is 2. The van der Waals surface area contributed by atoms with E-state index < -0.39 is 28.5 Å². The van der Waals surface area contributed by atoms with Gasteiger partial charge in [0.2, 0.25) is 11.8 Å². The molecule has 0 radical (unpaired) electrons. The van der Waals surface area contributed by atoms with Crippen LogP contribution in [0, 0.1) is 13.8 Å². The predicted molar refractivity (Wildman–Crippen MR) is 193 cm³/mol. The second kappa shape index (κ2) is 16.0. The van der Waals surface area contributed by atoms with E-state index in [4.69, 9.17) is 23.2 Å². The highest BCUT2D eigenvalue weighted by atomic mass is 35.5. The van der Waals surface area contributed by atoms with E-state index in [0.29, 0.717) is 21.3 Å². The first kappa shape index (κ1) is 35.5. The topological polar surface area (TPSA) is 86.8 Å². The average Bonchev–Trinajstić information content (AvgIpc) is 3.07. The minimum Gasteiger partial charge on any atom is -0.352 e. The molecule has 4 aromatic rings. The summed E-state index contributed by atoms with van der Waals surface area (Å²) in [6.45, 7) is 3.22. The minimum absolute atomic E-state index is 0.00608.